The molecule has 1 aromatic rings. The predicted octanol–water partition coefficient (Wildman–Crippen LogP) is 3.15. The van der Waals surface area contributed by atoms with Crippen LogP contribution in [0.4, 0.5) is 4.79 Å². The fraction of sp³-hybridized carbons (Fsp3) is 0.591. The summed E-state index contributed by atoms with van der Waals surface area (Å²) in [6.45, 7) is 9.90. The highest BCUT2D eigenvalue weighted by Gasteiger charge is 2.46. The molecule has 1 aromatic carbocycles. The second-order valence-electron chi connectivity index (χ2n) is 10.2. The molecule has 10 nitrogen and oxygen atoms in total. The molecule has 12 heteroatoms. The van der Waals surface area contributed by atoms with Crippen LogP contribution in [0.15, 0.2) is 33.6 Å². The molecule has 0 aromatic heterocycles. The molecule has 2 N–H and O–H groups in total. The maximum absolute atomic E-state index is 13.4. The van der Waals surface area contributed by atoms with Crippen LogP contribution < -0.4 is 5.32 Å². The first-order valence-electron chi connectivity index (χ1n) is 10.6. The molecule has 0 spiro atoms. The van der Waals surface area contributed by atoms with E-state index in [-0.39, 0.29) is 17.9 Å². The zero-order valence-corrected chi connectivity index (χ0v) is 22.4. The highest BCUT2D eigenvalue weighted by atomic mass is 79.9. The molecule has 1 saturated heterocycles. The van der Waals surface area contributed by atoms with Gasteiger partial charge >= 0.3 is 12.1 Å². The molecule has 0 aliphatic carbocycles. The van der Waals surface area contributed by atoms with Crippen molar-refractivity contribution in [1.29, 1.82) is 0 Å². The minimum atomic E-state index is -4.19. The molecular formula is C22H31BrN2O8S. The number of nitrogens with zero attached hydrogens (tertiary/aromatic N) is 1. The van der Waals surface area contributed by atoms with Crippen LogP contribution in [0.5, 0.6) is 0 Å². The number of nitrogens with one attached hydrogen (secondary N) is 1. The summed E-state index contributed by atoms with van der Waals surface area (Å²) in [5.74, 6) is -1.97. The van der Waals surface area contributed by atoms with Gasteiger partial charge in [0.25, 0.3) is 10.1 Å². The molecule has 2 rings (SSSR count). The Kier molecular flexibility index (Phi) is 8.42. The van der Waals surface area contributed by atoms with E-state index < -0.39 is 57.3 Å². The molecule has 3 unspecified atom stereocenters. The van der Waals surface area contributed by atoms with Gasteiger partial charge in [0.15, 0.2) is 0 Å². The molecule has 1 aliphatic rings. The molecule has 0 radical (unpaired) electrons. The number of alkyl carbamates (subject to hydrolysis) is 1. The number of likely N-dealkylation sites (tertiary alicyclic amines) is 1. The summed E-state index contributed by atoms with van der Waals surface area (Å²) in [5.41, 5.74) is -1.59. The normalized spacial score (nSPS) is 20.0. The Balaban J connectivity index is 2.25. The standard InChI is InChI=1S/C22H31BrN2O8S/c1-21(2,3)17(24-20(29)32-22(4,5)6)18(26)25-12-14(11-16(25)19(27)28)33-34(30,31)15-9-7-13(23)8-10-15/h7-10,14,16-17H,11-12H2,1-6H3,(H,24,29)(H,27,28). The van der Waals surface area contributed by atoms with E-state index in [9.17, 15) is 27.9 Å². The molecule has 1 heterocycles. The summed E-state index contributed by atoms with van der Waals surface area (Å²) in [6.07, 6.45) is -2.11. The lowest BCUT2D eigenvalue weighted by Gasteiger charge is -2.35. The van der Waals surface area contributed by atoms with Crippen molar-refractivity contribution < 1.29 is 36.8 Å². The number of hydrogen-bond acceptors (Lipinski definition) is 7. The molecule has 0 saturated carbocycles. The van der Waals surface area contributed by atoms with Gasteiger partial charge in [-0.1, -0.05) is 36.7 Å². The predicted molar refractivity (Wildman–Crippen MR) is 127 cm³/mol. The van der Waals surface area contributed by atoms with Crippen LogP contribution in [0.3, 0.4) is 0 Å². The van der Waals surface area contributed by atoms with Crippen LogP contribution in [0.25, 0.3) is 0 Å². The first-order chi connectivity index (χ1) is 15.4. The van der Waals surface area contributed by atoms with Gasteiger partial charge in [-0.3, -0.25) is 8.98 Å². The number of carbonyl (C=O) groups excluding carboxylic acids is 2. The Morgan fingerprint density at radius 1 is 1.12 bits per heavy atom. The van der Waals surface area contributed by atoms with E-state index in [1.807, 2.05) is 0 Å². The van der Waals surface area contributed by atoms with E-state index in [1.54, 1.807) is 41.5 Å². The fourth-order valence-electron chi connectivity index (χ4n) is 3.42. The molecular weight excluding hydrogens is 532 g/mol. The number of ether oxygens (including phenoxy) is 1. The monoisotopic (exact) mass is 562 g/mol. The molecule has 2 amide bonds. The van der Waals surface area contributed by atoms with Crippen LogP contribution in [0.2, 0.25) is 0 Å². The quantitative estimate of drug-likeness (QED) is 0.504. The maximum atomic E-state index is 13.4. The second kappa shape index (κ2) is 10.2. The highest BCUT2D eigenvalue weighted by molar-refractivity contribution is 9.10. The van der Waals surface area contributed by atoms with Gasteiger partial charge < -0.3 is 20.1 Å². The van der Waals surface area contributed by atoms with Crippen molar-refractivity contribution in [2.75, 3.05) is 6.54 Å². The lowest BCUT2D eigenvalue weighted by molar-refractivity contribution is -0.150. The van der Waals surface area contributed by atoms with Crippen molar-refractivity contribution in [3.63, 3.8) is 0 Å². The van der Waals surface area contributed by atoms with Crippen LogP contribution in [-0.4, -0.2) is 66.7 Å². The third-order valence-corrected chi connectivity index (χ3v) is 6.87. The number of carbonyl (C=O) groups is 3. The Bertz CT molecular complexity index is 1030. The third-order valence-electron chi connectivity index (χ3n) is 4.97. The van der Waals surface area contributed by atoms with E-state index in [4.69, 9.17) is 8.92 Å². The van der Waals surface area contributed by atoms with Gasteiger partial charge in [-0.2, -0.15) is 8.42 Å². The fourth-order valence-corrected chi connectivity index (χ4v) is 4.76. The summed E-state index contributed by atoms with van der Waals surface area (Å²) >= 11 is 3.23. The Morgan fingerprint density at radius 3 is 2.15 bits per heavy atom. The van der Waals surface area contributed by atoms with Crippen molar-refractivity contribution in [1.82, 2.24) is 10.2 Å². The minimum Gasteiger partial charge on any atom is -0.480 e. The lowest BCUT2D eigenvalue weighted by Crippen LogP contribution is -2.57. The van der Waals surface area contributed by atoms with E-state index in [0.29, 0.717) is 4.47 Å². The number of amides is 2. The van der Waals surface area contributed by atoms with Crippen molar-refractivity contribution in [3.8, 4) is 0 Å². The first kappa shape index (κ1) is 28.1. The zero-order valence-electron chi connectivity index (χ0n) is 20.0. The Labute approximate surface area is 208 Å². The highest BCUT2D eigenvalue weighted by Crippen LogP contribution is 2.29. The van der Waals surface area contributed by atoms with Gasteiger partial charge in [0.2, 0.25) is 5.91 Å². The summed E-state index contributed by atoms with van der Waals surface area (Å²) in [7, 11) is -4.19. The number of benzene rings is 1. The van der Waals surface area contributed by atoms with Gasteiger partial charge in [-0.15, -0.1) is 0 Å². The number of halogens is 1. The van der Waals surface area contributed by atoms with Crippen molar-refractivity contribution in [3.05, 3.63) is 28.7 Å². The molecule has 0 bridgehead atoms. The van der Waals surface area contributed by atoms with E-state index in [2.05, 4.69) is 21.2 Å². The van der Waals surface area contributed by atoms with Gasteiger partial charge in [0.05, 0.1) is 11.0 Å². The Morgan fingerprint density at radius 2 is 1.68 bits per heavy atom. The van der Waals surface area contributed by atoms with Gasteiger partial charge in [0, 0.05) is 17.4 Å². The number of carboxylic acid groups (broad SMARTS) is 1. The summed E-state index contributed by atoms with van der Waals surface area (Å²) < 4.78 is 36.5. The molecule has 1 fully saturated rings. The maximum Gasteiger partial charge on any atom is 0.408 e. The van der Waals surface area contributed by atoms with Gasteiger partial charge in [-0.25, -0.2) is 9.59 Å². The summed E-state index contributed by atoms with van der Waals surface area (Å²) in [6, 6.07) is 3.35. The van der Waals surface area contributed by atoms with Crippen LogP contribution in [-0.2, 0) is 28.6 Å². The van der Waals surface area contributed by atoms with Crippen molar-refractivity contribution in [2.45, 2.75) is 76.6 Å². The lowest BCUT2D eigenvalue weighted by atomic mass is 9.85. The van der Waals surface area contributed by atoms with E-state index in [1.165, 1.54) is 24.3 Å². The summed E-state index contributed by atoms with van der Waals surface area (Å²) in [5, 5.41) is 12.2. The van der Waals surface area contributed by atoms with Gasteiger partial charge in [0.1, 0.15) is 17.7 Å². The second-order valence-corrected chi connectivity index (χ2v) is 12.6. The average molecular weight is 563 g/mol. The SMILES string of the molecule is CC(C)(C)OC(=O)NC(C(=O)N1CC(OS(=O)(=O)c2ccc(Br)cc2)CC1C(=O)O)C(C)(C)C. The van der Waals surface area contributed by atoms with Crippen LogP contribution in [0, 0.1) is 5.41 Å². The number of aliphatic carboxylic acids is 1. The van der Waals surface area contributed by atoms with E-state index >= 15 is 0 Å². The smallest absolute Gasteiger partial charge is 0.408 e. The number of rotatable bonds is 6. The minimum absolute atomic E-state index is 0.0912. The Hall–Kier alpha value is -2.18. The largest absolute Gasteiger partial charge is 0.480 e. The van der Waals surface area contributed by atoms with Gasteiger partial charge in [-0.05, 0) is 50.5 Å². The third kappa shape index (κ3) is 7.41. The number of carboxylic acids is 1. The first-order valence-corrected chi connectivity index (χ1v) is 12.8. The molecule has 1 aliphatic heterocycles. The summed E-state index contributed by atoms with van der Waals surface area (Å²) in [4.78, 5) is 38.6. The topological polar surface area (TPSA) is 139 Å². The molecule has 190 valence electrons. The van der Waals surface area contributed by atoms with E-state index in [0.717, 1.165) is 4.90 Å². The average Bonchev–Trinajstić information content (AvgIpc) is 3.07. The van der Waals surface area contributed by atoms with Crippen molar-refractivity contribution in [2.24, 2.45) is 5.41 Å². The molecule has 3 atom stereocenters. The van der Waals surface area contributed by atoms with Crippen molar-refractivity contribution >= 4 is 44.0 Å². The number of hydrogen-bond donors (Lipinski definition) is 2. The molecule has 34 heavy (non-hydrogen) atoms. The van der Waals surface area contributed by atoms with Crippen LogP contribution in [0.1, 0.15) is 48.0 Å². The van der Waals surface area contributed by atoms with Crippen LogP contribution >= 0.6 is 15.9 Å². The zero-order chi connectivity index (χ0) is 26.1.